The Bertz CT molecular complexity index is 399. The summed E-state index contributed by atoms with van der Waals surface area (Å²) < 4.78 is 57.5. The van der Waals surface area contributed by atoms with E-state index in [1.54, 1.807) is 0 Å². The Hall–Kier alpha value is -1.08. The molecular formula is C9H11F3O3S. The predicted octanol–water partition coefficient (Wildman–Crippen LogP) is 2.70. The Balaban J connectivity index is 0.000000281. The Morgan fingerprint density at radius 3 is 1.31 bits per heavy atom. The lowest BCUT2D eigenvalue weighted by Crippen LogP contribution is -2.21. The van der Waals surface area contributed by atoms with Crippen LogP contribution in [0.15, 0.2) is 24.3 Å². The first kappa shape index (κ1) is 14.9. The summed E-state index contributed by atoms with van der Waals surface area (Å²) in [7, 11) is -5.84. The van der Waals surface area contributed by atoms with Gasteiger partial charge < -0.3 is 0 Å². The van der Waals surface area contributed by atoms with Crippen LogP contribution in [0.4, 0.5) is 13.2 Å². The van der Waals surface area contributed by atoms with Crippen molar-refractivity contribution in [1.82, 2.24) is 0 Å². The van der Waals surface area contributed by atoms with E-state index in [0.29, 0.717) is 0 Å². The van der Waals surface area contributed by atoms with Gasteiger partial charge in [0.25, 0.3) is 0 Å². The molecule has 0 unspecified atom stereocenters. The van der Waals surface area contributed by atoms with Crippen LogP contribution >= 0.6 is 0 Å². The van der Waals surface area contributed by atoms with Crippen LogP contribution < -0.4 is 0 Å². The first-order valence-electron chi connectivity index (χ1n) is 4.11. The highest BCUT2D eigenvalue weighted by Crippen LogP contribution is 2.20. The van der Waals surface area contributed by atoms with Crippen molar-refractivity contribution in [2.24, 2.45) is 0 Å². The van der Waals surface area contributed by atoms with Crippen LogP contribution in [0.1, 0.15) is 11.1 Å². The summed E-state index contributed by atoms with van der Waals surface area (Å²) in [6.45, 7) is 4.19. The van der Waals surface area contributed by atoms with Crippen molar-refractivity contribution in [1.29, 1.82) is 0 Å². The third-order valence-corrected chi connectivity index (χ3v) is 2.10. The highest BCUT2D eigenvalue weighted by atomic mass is 32.2. The van der Waals surface area contributed by atoms with E-state index in [4.69, 9.17) is 13.0 Å². The fourth-order valence-electron chi connectivity index (χ4n) is 0.637. The Morgan fingerprint density at radius 1 is 1.00 bits per heavy atom. The molecule has 0 saturated heterocycles. The van der Waals surface area contributed by atoms with Crippen LogP contribution in [0.25, 0.3) is 0 Å². The lowest BCUT2D eigenvalue weighted by molar-refractivity contribution is -0.0510. The van der Waals surface area contributed by atoms with Crippen LogP contribution in [0, 0.1) is 13.8 Å². The van der Waals surface area contributed by atoms with Gasteiger partial charge in [0.2, 0.25) is 0 Å². The van der Waals surface area contributed by atoms with E-state index in [1.807, 2.05) is 0 Å². The number of hydrogen-bond donors (Lipinski definition) is 1. The minimum Gasteiger partial charge on any atom is -0.279 e. The molecule has 3 nitrogen and oxygen atoms in total. The van der Waals surface area contributed by atoms with Gasteiger partial charge >= 0.3 is 15.6 Å². The molecule has 1 N–H and O–H groups in total. The molecule has 1 aromatic carbocycles. The second kappa shape index (κ2) is 5.31. The summed E-state index contributed by atoms with van der Waals surface area (Å²) >= 11 is 0. The molecule has 16 heavy (non-hydrogen) atoms. The van der Waals surface area contributed by atoms with Crippen molar-refractivity contribution in [2.45, 2.75) is 19.4 Å². The predicted molar refractivity (Wildman–Crippen MR) is 53.5 cm³/mol. The highest BCUT2D eigenvalue weighted by Gasteiger charge is 2.44. The Morgan fingerprint density at radius 2 is 1.19 bits per heavy atom. The molecule has 0 bridgehead atoms. The molecule has 0 aromatic heterocycles. The quantitative estimate of drug-likeness (QED) is 0.573. The molecule has 0 spiro atoms. The van der Waals surface area contributed by atoms with E-state index in [-0.39, 0.29) is 0 Å². The van der Waals surface area contributed by atoms with Gasteiger partial charge in [0.1, 0.15) is 0 Å². The minimum atomic E-state index is -5.84. The normalized spacial score (nSPS) is 11.6. The van der Waals surface area contributed by atoms with Gasteiger partial charge in [-0.05, 0) is 13.8 Å². The highest BCUT2D eigenvalue weighted by molar-refractivity contribution is 7.86. The third-order valence-electron chi connectivity index (χ3n) is 1.51. The lowest BCUT2D eigenvalue weighted by Gasteiger charge is -1.97. The molecule has 92 valence electrons. The van der Waals surface area contributed by atoms with Gasteiger partial charge in [0.15, 0.2) is 0 Å². The van der Waals surface area contributed by atoms with E-state index in [2.05, 4.69) is 38.1 Å². The van der Waals surface area contributed by atoms with Gasteiger partial charge in [-0.15, -0.1) is 0 Å². The number of benzene rings is 1. The molecule has 0 heterocycles. The van der Waals surface area contributed by atoms with Gasteiger partial charge in [0, 0.05) is 0 Å². The summed E-state index contributed by atoms with van der Waals surface area (Å²) in [5.74, 6) is 0. The summed E-state index contributed by atoms with van der Waals surface area (Å²) in [4.78, 5) is 0. The smallest absolute Gasteiger partial charge is 0.279 e. The van der Waals surface area contributed by atoms with E-state index >= 15 is 0 Å². The fourth-order valence-corrected chi connectivity index (χ4v) is 0.637. The topological polar surface area (TPSA) is 54.4 Å². The number of aryl methyl sites for hydroxylation is 2. The Labute approximate surface area is 91.7 Å². The van der Waals surface area contributed by atoms with Gasteiger partial charge in [0.05, 0.1) is 0 Å². The van der Waals surface area contributed by atoms with Gasteiger partial charge in [-0.25, -0.2) is 0 Å². The van der Waals surface area contributed by atoms with Crippen molar-refractivity contribution in [3.05, 3.63) is 35.4 Å². The zero-order valence-corrected chi connectivity index (χ0v) is 9.43. The summed E-state index contributed by atoms with van der Waals surface area (Å²) in [6, 6.07) is 8.48. The first-order chi connectivity index (χ1) is 7.04. The van der Waals surface area contributed by atoms with Crippen LogP contribution in [-0.4, -0.2) is 18.5 Å². The molecule has 0 radical (unpaired) electrons. The van der Waals surface area contributed by atoms with Gasteiger partial charge in [-0.1, -0.05) is 35.4 Å². The largest absolute Gasteiger partial charge is 0.522 e. The van der Waals surface area contributed by atoms with Crippen LogP contribution in [-0.2, 0) is 10.1 Å². The molecule has 1 aromatic rings. The molecule has 0 aliphatic rings. The van der Waals surface area contributed by atoms with E-state index in [9.17, 15) is 13.2 Å². The molecule has 0 aliphatic carbocycles. The van der Waals surface area contributed by atoms with Crippen molar-refractivity contribution >= 4 is 10.1 Å². The third kappa shape index (κ3) is 5.72. The van der Waals surface area contributed by atoms with Crippen molar-refractivity contribution in [3.8, 4) is 0 Å². The number of rotatable bonds is 0. The summed E-state index contributed by atoms with van der Waals surface area (Å²) in [5, 5.41) is 0. The SMILES string of the molecule is Cc1ccc(C)cc1.O=S(=O)(O)C(F)(F)F. The first-order valence-corrected chi connectivity index (χ1v) is 5.55. The fraction of sp³-hybridized carbons (Fsp3) is 0.333. The van der Waals surface area contributed by atoms with E-state index in [0.717, 1.165) is 0 Å². The molecule has 1 rings (SSSR count). The molecule has 0 fully saturated rings. The number of alkyl halides is 3. The second-order valence-corrected chi connectivity index (χ2v) is 4.49. The van der Waals surface area contributed by atoms with Crippen molar-refractivity contribution < 1.29 is 26.1 Å². The summed E-state index contributed by atoms with van der Waals surface area (Å²) in [6.07, 6.45) is 0. The lowest BCUT2D eigenvalue weighted by atomic mass is 10.2. The average Bonchev–Trinajstić information content (AvgIpc) is 2.08. The Kier molecular flexibility index (Phi) is 4.95. The molecule has 0 amide bonds. The van der Waals surface area contributed by atoms with Crippen molar-refractivity contribution in [2.75, 3.05) is 0 Å². The van der Waals surface area contributed by atoms with E-state index in [1.165, 1.54) is 11.1 Å². The van der Waals surface area contributed by atoms with Gasteiger partial charge in [-0.3, -0.25) is 4.55 Å². The molecule has 7 heteroatoms. The van der Waals surface area contributed by atoms with E-state index < -0.39 is 15.6 Å². The number of halogens is 3. The number of hydrogen-bond acceptors (Lipinski definition) is 2. The minimum absolute atomic E-state index is 1.33. The van der Waals surface area contributed by atoms with Crippen LogP contribution in [0.2, 0.25) is 0 Å². The second-order valence-electron chi connectivity index (χ2n) is 3.08. The van der Waals surface area contributed by atoms with Crippen LogP contribution in [0.5, 0.6) is 0 Å². The maximum atomic E-state index is 10.7. The van der Waals surface area contributed by atoms with Crippen LogP contribution in [0.3, 0.4) is 0 Å². The van der Waals surface area contributed by atoms with Crippen molar-refractivity contribution in [3.63, 3.8) is 0 Å². The monoisotopic (exact) mass is 256 g/mol. The zero-order valence-electron chi connectivity index (χ0n) is 8.62. The molecule has 0 saturated carbocycles. The standard InChI is InChI=1S/C8H10.CHF3O3S/c1-7-3-5-8(2)6-4-7;2-1(3,4)8(5,6)7/h3-6H,1-2H3;(H,5,6,7). The summed E-state index contributed by atoms with van der Waals surface area (Å²) in [5.41, 5.74) is -2.88. The zero-order chi connectivity index (χ0) is 13.0. The molecular weight excluding hydrogens is 245 g/mol. The maximum absolute atomic E-state index is 10.7. The maximum Gasteiger partial charge on any atom is 0.522 e. The molecule has 0 atom stereocenters. The average molecular weight is 256 g/mol. The van der Waals surface area contributed by atoms with Gasteiger partial charge in [-0.2, -0.15) is 21.6 Å². The molecule has 0 aliphatic heterocycles.